The summed E-state index contributed by atoms with van der Waals surface area (Å²) in [6.07, 6.45) is 1.34. The number of halogens is 1. The number of rotatable bonds is 3. The van der Waals surface area contributed by atoms with Gasteiger partial charge in [0.1, 0.15) is 5.82 Å². The van der Waals surface area contributed by atoms with Crippen molar-refractivity contribution in [3.63, 3.8) is 0 Å². The fraction of sp³-hybridized carbons (Fsp3) is 0.412. The number of fused-ring (bicyclic) bond motifs is 1. The Morgan fingerprint density at radius 1 is 1.43 bits per heavy atom. The predicted molar refractivity (Wildman–Crippen MR) is 91.7 cm³/mol. The maximum absolute atomic E-state index is 11.2. The number of nitrogens with two attached hydrogens (primary N) is 1. The van der Waals surface area contributed by atoms with E-state index in [0.717, 1.165) is 35.2 Å². The van der Waals surface area contributed by atoms with Gasteiger partial charge in [0, 0.05) is 23.5 Å². The van der Waals surface area contributed by atoms with Crippen LogP contribution in [0.1, 0.15) is 24.8 Å². The molecule has 1 aliphatic heterocycles. The molecule has 0 saturated carbocycles. The molecule has 6 heteroatoms. The van der Waals surface area contributed by atoms with Gasteiger partial charge in [-0.1, -0.05) is 17.7 Å². The second-order valence-electron chi connectivity index (χ2n) is 6.32. The number of benzene rings is 1. The van der Waals surface area contributed by atoms with Crippen LogP contribution < -0.4 is 10.6 Å². The van der Waals surface area contributed by atoms with Gasteiger partial charge >= 0.3 is 0 Å². The van der Waals surface area contributed by atoms with Crippen LogP contribution in [0.3, 0.4) is 0 Å². The van der Waals surface area contributed by atoms with Crippen molar-refractivity contribution < 1.29 is 9.90 Å². The number of nitrogens with zero attached hydrogens (tertiary/aromatic N) is 2. The van der Waals surface area contributed by atoms with Gasteiger partial charge in [-0.25, -0.2) is 4.98 Å². The van der Waals surface area contributed by atoms with Gasteiger partial charge in [-0.3, -0.25) is 4.79 Å². The van der Waals surface area contributed by atoms with Crippen LogP contribution in [0.2, 0.25) is 5.02 Å². The number of anilines is 1. The smallest absolute Gasteiger partial charge is 0.220 e. The van der Waals surface area contributed by atoms with Gasteiger partial charge in [-0.05, 0) is 43.5 Å². The molecule has 2 aromatic rings. The summed E-state index contributed by atoms with van der Waals surface area (Å²) in [5.74, 6) is 0.300. The topological polar surface area (TPSA) is 79.5 Å². The Balaban J connectivity index is 1.93. The van der Waals surface area contributed by atoms with Crippen LogP contribution in [-0.2, 0) is 4.79 Å². The number of hydrogen-bond acceptors (Lipinski definition) is 4. The summed E-state index contributed by atoms with van der Waals surface area (Å²) in [7, 11) is 0. The molecule has 2 heterocycles. The molecule has 3 rings (SSSR count). The van der Waals surface area contributed by atoms with Gasteiger partial charge in [0.05, 0.1) is 17.5 Å². The molecular formula is C17H20ClN3O2. The van der Waals surface area contributed by atoms with Crippen molar-refractivity contribution in [2.24, 2.45) is 5.73 Å². The Morgan fingerprint density at radius 2 is 2.22 bits per heavy atom. The van der Waals surface area contributed by atoms with Crippen molar-refractivity contribution in [3.05, 3.63) is 34.9 Å². The van der Waals surface area contributed by atoms with Crippen LogP contribution in [-0.4, -0.2) is 34.7 Å². The van der Waals surface area contributed by atoms with Crippen LogP contribution in [0.15, 0.2) is 24.3 Å². The number of piperidine rings is 1. The molecule has 1 aromatic carbocycles. The van der Waals surface area contributed by atoms with Gasteiger partial charge in [-0.2, -0.15) is 0 Å². The lowest BCUT2D eigenvalue weighted by Gasteiger charge is -2.39. The third kappa shape index (κ3) is 3.26. The van der Waals surface area contributed by atoms with Crippen molar-refractivity contribution in [2.75, 3.05) is 18.0 Å². The lowest BCUT2D eigenvalue weighted by Crippen LogP contribution is -2.50. The summed E-state index contributed by atoms with van der Waals surface area (Å²) >= 11 is 6.22. The number of β-amino-alcohol motifs (C(OH)–C–C–N with tert-alkyl or cyclic N) is 1. The number of carbonyl (C=O) groups is 1. The maximum Gasteiger partial charge on any atom is 0.220 e. The maximum atomic E-state index is 11.2. The zero-order chi connectivity index (χ0) is 16.6. The molecule has 1 atom stereocenters. The third-order valence-electron chi connectivity index (χ3n) is 4.37. The molecule has 3 N–H and O–H groups in total. The minimum atomic E-state index is -1.08. The molecule has 0 bridgehead atoms. The first-order valence-electron chi connectivity index (χ1n) is 7.69. The summed E-state index contributed by atoms with van der Waals surface area (Å²) < 4.78 is 0. The highest BCUT2D eigenvalue weighted by atomic mass is 35.5. The summed E-state index contributed by atoms with van der Waals surface area (Å²) in [6.45, 7) is 3.14. The number of aromatic nitrogens is 1. The number of carbonyl (C=O) groups excluding carboxylic acids is 1. The molecule has 0 radical (unpaired) electrons. The molecule has 0 spiro atoms. The minimum absolute atomic E-state index is 0.0259. The third-order valence-corrected chi connectivity index (χ3v) is 4.70. The molecular weight excluding hydrogens is 314 g/mol. The molecule has 1 unspecified atom stereocenters. The molecule has 122 valence electrons. The van der Waals surface area contributed by atoms with Crippen molar-refractivity contribution in [1.29, 1.82) is 0 Å². The van der Waals surface area contributed by atoms with E-state index < -0.39 is 11.5 Å². The van der Waals surface area contributed by atoms with E-state index in [4.69, 9.17) is 22.3 Å². The Morgan fingerprint density at radius 3 is 2.96 bits per heavy atom. The second-order valence-corrected chi connectivity index (χ2v) is 6.73. The zero-order valence-corrected chi connectivity index (χ0v) is 13.8. The van der Waals surface area contributed by atoms with E-state index in [1.165, 1.54) is 0 Å². The van der Waals surface area contributed by atoms with Gasteiger partial charge in [0.2, 0.25) is 5.91 Å². The Kier molecular flexibility index (Phi) is 4.17. The molecule has 1 aliphatic rings. The first-order chi connectivity index (χ1) is 10.9. The number of aliphatic hydroxyl groups is 1. The highest BCUT2D eigenvalue weighted by Crippen LogP contribution is 2.31. The van der Waals surface area contributed by atoms with Gasteiger partial charge in [0.15, 0.2) is 0 Å². The van der Waals surface area contributed by atoms with E-state index in [9.17, 15) is 9.90 Å². The van der Waals surface area contributed by atoms with E-state index >= 15 is 0 Å². The van der Waals surface area contributed by atoms with Crippen LogP contribution in [0, 0.1) is 6.92 Å². The quantitative estimate of drug-likeness (QED) is 0.904. The lowest BCUT2D eigenvalue weighted by molar-refractivity contribution is -0.123. The molecule has 0 aliphatic carbocycles. The van der Waals surface area contributed by atoms with Crippen LogP contribution in [0.25, 0.3) is 10.9 Å². The number of primary amides is 1. The molecule has 1 amide bonds. The summed E-state index contributed by atoms with van der Waals surface area (Å²) in [5, 5.41) is 12.2. The van der Waals surface area contributed by atoms with Crippen molar-refractivity contribution in [1.82, 2.24) is 4.98 Å². The lowest BCUT2D eigenvalue weighted by atomic mass is 9.89. The number of aryl methyl sites for hydroxylation is 1. The van der Waals surface area contributed by atoms with E-state index in [0.29, 0.717) is 18.0 Å². The SMILES string of the molecule is Cc1ccc(Cl)c2ccc(N3CCCC(O)(CC(N)=O)C3)nc12. The fourth-order valence-electron chi connectivity index (χ4n) is 3.26. The second kappa shape index (κ2) is 5.98. The largest absolute Gasteiger partial charge is 0.388 e. The highest BCUT2D eigenvalue weighted by Gasteiger charge is 2.35. The molecule has 23 heavy (non-hydrogen) atoms. The zero-order valence-electron chi connectivity index (χ0n) is 13.1. The normalized spacial score (nSPS) is 21.6. The Hall–Kier alpha value is -1.85. The molecule has 5 nitrogen and oxygen atoms in total. The number of pyridine rings is 1. The van der Waals surface area contributed by atoms with E-state index in [2.05, 4.69) is 0 Å². The summed E-state index contributed by atoms with van der Waals surface area (Å²) in [6, 6.07) is 7.67. The van der Waals surface area contributed by atoms with Crippen molar-refractivity contribution >= 4 is 34.2 Å². The average molecular weight is 334 g/mol. The Bertz CT molecular complexity index is 765. The van der Waals surface area contributed by atoms with E-state index in [-0.39, 0.29) is 6.42 Å². The summed E-state index contributed by atoms with van der Waals surface area (Å²) in [5.41, 5.74) is 6.09. The van der Waals surface area contributed by atoms with Gasteiger partial charge in [0.25, 0.3) is 0 Å². The monoisotopic (exact) mass is 333 g/mol. The van der Waals surface area contributed by atoms with Crippen LogP contribution >= 0.6 is 11.6 Å². The van der Waals surface area contributed by atoms with Crippen molar-refractivity contribution in [3.8, 4) is 0 Å². The average Bonchev–Trinajstić information content (AvgIpc) is 2.49. The van der Waals surface area contributed by atoms with Gasteiger partial charge < -0.3 is 15.7 Å². The van der Waals surface area contributed by atoms with Crippen LogP contribution in [0.5, 0.6) is 0 Å². The number of amides is 1. The van der Waals surface area contributed by atoms with Crippen LogP contribution in [0.4, 0.5) is 5.82 Å². The minimum Gasteiger partial charge on any atom is -0.388 e. The highest BCUT2D eigenvalue weighted by molar-refractivity contribution is 6.35. The van der Waals surface area contributed by atoms with Gasteiger partial charge in [-0.15, -0.1) is 0 Å². The molecule has 1 fully saturated rings. The summed E-state index contributed by atoms with van der Waals surface area (Å²) in [4.78, 5) is 17.9. The van der Waals surface area contributed by atoms with E-state index in [1.54, 1.807) is 0 Å². The first-order valence-corrected chi connectivity index (χ1v) is 8.07. The Labute approximate surface area is 140 Å². The standard InChI is InChI=1S/C17H20ClN3O2/c1-11-3-5-13(18)12-4-6-15(20-16(11)12)21-8-2-7-17(23,10-21)9-14(19)22/h3-6,23H,2,7-10H2,1H3,(H2,19,22). The molecule has 1 saturated heterocycles. The molecule has 1 aromatic heterocycles. The van der Waals surface area contributed by atoms with Crippen molar-refractivity contribution in [2.45, 2.75) is 31.8 Å². The first kappa shape index (κ1) is 16.0. The number of hydrogen-bond donors (Lipinski definition) is 2. The fourth-order valence-corrected chi connectivity index (χ4v) is 3.48. The predicted octanol–water partition coefficient (Wildman–Crippen LogP) is 2.40. The van der Waals surface area contributed by atoms with E-state index in [1.807, 2.05) is 36.1 Å².